The van der Waals surface area contributed by atoms with Crippen LogP contribution >= 0.6 is 0 Å². The van der Waals surface area contributed by atoms with Gasteiger partial charge in [0.1, 0.15) is 5.78 Å². The van der Waals surface area contributed by atoms with Gasteiger partial charge in [-0.25, -0.2) is 0 Å². The van der Waals surface area contributed by atoms with E-state index < -0.39 is 0 Å². The second kappa shape index (κ2) is 3.58. The Kier molecular flexibility index (Phi) is 2.60. The summed E-state index contributed by atoms with van der Waals surface area (Å²) in [5, 5.41) is 0. The first-order valence-corrected chi connectivity index (χ1v) is 6.26. The van der Waals surface area contributed by atoms with Gasteiger partial charge < -0.3 is 0 Å². The predicted molar refractivity (Wildman–Crippen MR) is 67.2 cm³/mol. The van der Waals surface area contributed by atoms with Crippen LogP contribution in [0.4, 0.5) is 0 Å². The van der Waals surface area contributed by atoms with Crippen molar-refractivity contribution < 1.29 is 4.79 Å². The number of hydrogen-bond acceptors (Lipinski definition) is 1. The lowest BCUT2D eigenvalue weighted by Gasteiger charge is -2.34. The molecule has 0 saturated carbocycles. The van der Waals surface area contributed by atoms with E-state index in [1.54, 1.807) is 0 Å². The van der Waals surface area contributed by atoms with E-state index in [1.807, 2.05) is 0 Å². The van der Waals surface area contributed by atoms with Crippen LogP contribution in [0, 0.1) is 10.8 Å². The zero-order chi connectivity index (χ0) is 12.0. The van der Waals surface area contributed by atoms with Gasteiger partial charge in [-0.1, -0.05) is 26.0 Å². The van der Waals surface area contributed by atoms with Crippen LogP contribution in [0.3, 0.4) is 0 Å². The van der Waals surface area contributed by atoms with Crippen LogP contribution in [0.1, 0.15) is 53.4 Å². The summed E-state index contributed by atoms with van der Waals surface area (Å²) >= 11 is 0. The van der Waals surface area contributed by atoms with Crippen LogP contribution in [0.5, 0.6) is 0 Å². The molecule has 0 heterocycles. The van der Waals surface area contributed by atoms with Crippen LogP contribution < -0.4 is 0 Å². The molecule has 2 rings (SSSR count). The van der Waals surface area contributed by atoms with Gasteiger partial charge in [0.15, 0.2) is 0 Å². The molecule has 0 spiro atoms. The summed E-state index contributed by atoms with van der Waals surface area (Å²) in [6.07, 6.45) is 8.60. The molecule has 0 aromatic rings. The minimum Gasteiger partial charge on any atom is -0.299 e. The van der Waals surface area contributed by atoms with Gasteiger partial charge in [0, 0.05) is 11.8 Å². The monoisotopic (exact) mass is 218 g/mol. The van der Waals surface area contributed by atoms with Crippen LogP contribution in [-0.2, 0) is 4.79 Å². The topological polar surface area (TPSA) is 17.1 Å². The lowest BCUT2D eigenvalue weighted by atomic mass is 9.69. The minimum atomic E-state index is -0.278. The third-order valence-electron chi connectivity index (χ3n) is 4.02. The highest BCUT2D eigenvalue weighted by Gasteiger charge is 2.39. The maximum atomic E-state index is 12.4. The van der Waals surface area contributed by atoms with Gasteiger partial charge >= 0.3 is 0 Å². The van der Waals surface area contributed by atoms with E-state index in [0.29, 0.717) is 12.2 Å². The molecule has 16 heavy (non-hydrogen) atoms. The first-order valence-electron chi connectivity index (χ1n) is 6.26. The Balaban J connectivity index is 2.45. The number of carbonyl (C=O) groups is 1. The molecule has 0 radical (unpaired) electrons. The van der Waals surface area contributed by atoms with Crippen molar-refractivity contribution in [3.63, 3.8) is 0 Å². The molecule has 0 saturated heterocycles. The average Bonchev–Trinajstić information content (AvgIpc) is 2.61. The summed E-state index contributed by atoms with van der Waals surface area (Å²) in [5.41, 5.74) is 2.56. The van der Waals surface area contributed by atoms with E-state index in [0.717, 1.165) is 19.3 Å². The van der Waals surface area contributed by atoms with Gasteiger partial charge in [-0.2, -0.15) is 0 Å². The van der Waals surface area contributed by atoms with E-state index in [2.05, 4.69) is 39.8 Å². The van der Waals surface area contributed by atoms with Crippen LogP contribution in [0.2, 0.25) is 0 Å². The second-order valence-electron chi connectivity index (χ2n) is 6.48. The number of ketones is 1. The zero-order valence-electron chi connectivity index (χ0n) is 10.9. The largest absolute Gasteiger partial charge is 0.299 e. The van der Waals surface area contributed by atoms with Crippen molar-refractivity contribution in [2.24, 2.45) is 10.8 Å². The molecule has 0 unspecified atom stereocenters. The molecule has 0 atom stereocenters. The van der Waals surface area contributed by atoms with E-state index in [-0.39, 0.29) is 10.8 Å². The van der Waals surface area contributed by atoms with Crippen molar-refractivity contribution in [3.05, 3.63) is 23.3 Å². The number of rotatable bonds is 0. The van der Waals surface area contributed by atoms with Crippen LogP contribution in [0.25, 0.3) is 0 Å². The summed E-state index contributed by atoms with van der Waals surface area (Å²) in [6, 6.07) is 0. The number of carbonyl (C=O) groups excluding carboxylic acids is 1. The number of Topliss-reactive ketones (excluding diaryl/α,β-unsaturated/α-hetero) is 1. The van der Waals surface area contributed by atoms with E-state index in [1.165, 1.54) is 11.1 Å². The lowest BCUT2D eigenvalue weighted by molar-refractivity contribution is -0.127. The highest BCUT2D eigenvalue weighted by atomic mass is 16.1. The Labute approximate surface area is 98.6 Å². The minimum absolute atomic E-state index is 0.121. The lowest BCUT2D eigenvalue weighted by Crippen LogP contribution is -2.32. The van der Waals surface area contributed by atoms with Crippen molar-refractivity contribution in [3.8, 4) is 0 Å². The van der Waals surface area contributed by atoms with E-state index in [4.69, 9.17) is 0 Å². The van der Waals surface area contributed by atoms with Crippen molar-refractivity contribution >= 4 is 5.78 Å². The zero-order valence-corrected chi connectivity index (χ0v) is 10.9. The van der Waals surface area contributed by atoms with Gasteiger partial charge in [0.05, 0.1) is 0 Å². The normalized spacial score (nSPS) is 30.9. The van der Waals surface area contributed by atoms with Crippen molar-refractivity contribution in [2.75, 3.05) is 0 Å². The molecule has 0 N–H and O–H groups in total. The van der Waals surface area contributed by atoms with Crippen molar-refractivity contribution in [1.82, 2.24) is 0 Å². The maximum absolute atomic E-state index is 12.4. The van der Waals surface area contributed by atoms with Crippen molar-refractivity contribution in [1.29, 1.82) is 0 Å². The third-order valence-corrected chi connectivity index (χ3v) is 4.02. The fourth-order valence-corrected chi connectivity index (χ4v) is 2.78. The number of allylic oxidation sites excluding steroid dienone is 4. The van der Waals surface area contributed by atoms with Crippen LogP contribution in [-0.4, -0.2) is 5.78 Å². The Morgan fingerprint density at radius 3 is 2.50 bits per heavy atom. The molecular weight excluding hydrogens is 196 g/mol. The Hall–Kier alpha value is -0.850. The molecule has 0 aromatic heterocycles. The number of hydrogen-bond donors (Lipinski definition) is 0. The second-order valence-corrected chi connectivity index (χ2v) is 6.48. The predicted octanol–water partition coefficient (Wildman–Crippen LogP) is 4.05. The van der Waals surface area contributed by atoms with Gasteiger partial charge in [0.2, 0.25) is 0 Å². The maximum Gasteiger partial charge on any atom is 0.143 e. The highest BCUT2D eigenvalue weighted by molar-refractivity contribution is 5.89. The van der Waals surface area contributed by atoms with Gasteiger partial charge in [-0.15, -0.1) is 0 Å². The molecule has 0 amide bonds. The Morgan fingerprint density at radius 2 is 1.81 bits per heavy atom. The SMILES string of the molecule is CC1(C)C/C=C2/CCC=C2C(C)(C)C(=O)C1. The van der Waals surface area contributed by atoms with E-state index >= 15 is 0 Å². The molecule has 0 aliphatic heterocycles. The van der Waals surface area contributed by atoms with Crippen molar-refractivity contribution in [2.45, 2.75) is 53.4 Å². The molecular formula is C15H22O. The standard InChI is InChI=1S/C15H22O/c1-14(2)9-8-11-6-5-7-12(11)15(3,4)13(16)10-14/h7-8H,5-6,9-10H2,1-4H3/b11-8-. The molecule has 2 aliphatic carbocycles. The quantitative estimate of drug-likeness (QED) is 0.599. The summed E-state index contributed by atoms with van der Waals surface area (Å²) in [5.74, 6) is 0.399. The summed E-state index contributed by atoms with van der Waals surface area (Å²) in [4.78, 5) is 12.4. The summed E-state index contributed by atoms with van der Waals surface area (Å²) in [6.45, 7) is 8.56. The Bertz CT molecular complexity index is 380. The van der Waals surface area contributed by atoms with Gasteiger partial charge in [0.25, 0.3) is 0 Å². The Morgan fingerprint density at radius 1 is 1.12 bits per heavy atom. The molecule has 0 fully saturated rings. The fourth-order valence-electron chi connectivity index (χ4n) is 2.78. The first kappa shape index (κ1) is 11.6. The van der Waals surface area contributed by atoms with Crippen LogP contribution in [0.15, 0.2) is 23.3 Å². The molecule has 2 aliphatic rings. The van der Waals surface area contributed by atoms with Gasteiger partial charge in [-0.05, 0) is 49.7 Å². The molecule has 1 heteroatoms. The summed E-state index contributed by atoms with van der Waals surface area (Å²) < 4.78 is 0. The molecule has 0 aromatic carbocycles. The highest BCUT2D eigenvalue weighted by Crippen LogP contribution is 2.45. The average molecular weight is 218 g/mol. The smallest absolute Gasteiger partial charge is 0.143 e. The van der Waals surface area contributed by atoms with E-state index in [9.17, 15) is 4.79 Å². The summed E-state index contributed by atoms with van der Waals surface area (Å²) in [7, 11) is 0. The molecule has 0 bridgehead atoms. The first-order chi connectivity index (χ1) is 7.33. The fraction of sp³-hybridized carbons (Fsp3) is 0.667. The number of fused-ring (bicyclic) bond motifs is 1. The third kappa shape index (κ3) is 1.88. The van der Waals surface area contributed by atoms with Gasteiger partial charge in [-0.3, -0.25) is 4.79 Å². The molecule has 88 valence electrons. The molecule has 1 nitrogen and oxygen atoms in total.